The molecule has 4 nitrogen and oxygen atoms in total. The first-order chi connectivity index (χ1) is 9.76. The Kier molecular flexibility index (Phi) is 3.39. The molecule has 0 aliphatic carbocycles. The highest BCUT2D eigenvalue weighted by Crippen LogP contribution is 2.25. The van der Waals surface area contributed by atoms with Gasteiger partial charge in [-0.1, -0.05) is 11.6 Å². The van der Waals surface area contributed by atoms with Gasteiger partial charge in [0.2, 0.25) is 0 Å². The predicted molar refractivity (Wildman–Crippen MR) is 80.8 cm³/mol. The van der Waals surface area contributed by atoms with Gasteiger partial charge in [-0.2, -0.15) is 0 Å². The van der Waals surface area contributed by atoms with Crippen molar-refractivity contribution in [3.8, 4) is 5.75 Å². The number of halogens is 1. The maximum absolute atomic E-state index is 5.97. The van der Waals surface area contributed by atoms with Crippen LogP contribution >= 0.6 is 11.6 Å². The summed E-state index contributed by atoms with van der Waals surface area (Å²) in [4.78, 5) is 8.49. The molecule has 1 aromatic heterocycles. The lowest BCUT2D eigenvalue weighted by atomic mass is 10.2. The van der Waals surface area contributed by atoms with Crippen LogP contribution in [0.25, 0.3) is 10.9 Å². The molecule has 0 bridgehead atoms. The summed E-state index contributed by atoms with van der Waals surface area (Å²) in [6, 6.07) is 13.2. The Balaban J connectivity index is 1.97. The molecule has 0 aliphatic heterocycles. The summed E-state index contributed by atoms with van der Waals surface area (Å²) in [7, 11) is 1.64. The van der Waals surface area contributed by atoms with E-state index < -0.39 is 0 Å². The number of hydrogen-bond donors (Lipinski definition) is 1. The summed E-state index contributed by atoms with van der Waals surface area (Å²) < 4.78 is 5.13. The number of benzene rings is 2. The molecule has 2 aromatic carbocycles. The fourth-order valence-electron chi connectivity index (χ4n) is 1.94. The molecule has 0 fully saturated rings. The van der Waals surface area contributed by atoms with Gasteiger partial charge in [0.25, 0.3) is 0 Å². The number of methoxy groups -OCH3 is 1. The normalized spacial score (nSPS) is 10.5. The molecule has 0 saturated carbocycles. The van der Waals surface area contributed by atoms with Crippen LogP contribution in [0.3, 0.4) is 0 Å². The van der Waals surface area contributed by atoms with Crippen molar-refractivity contribution >= 4 is 34.0 Å². The second-order valence-electron chi connectivity index (χ2n) is 4.24. The molecule has 0 aliphatic rings. The lowest BCUT2D eigenvalue weighted by Gasteiger charge is -2.09. The molecule has 3 aromatic rings. The number of anilines is 2. The van der Waals surface area contributed by atoms with Crippen LogP contribution < -0.4 is 10.1 Å². The number of rotatable bonds is 3. The molecule has 0 saturated heterocycles. The van der Waals surface area contributed by atoms with Crippen LogP contribution in [0.1, 0.15) is 0 Å². The van der Waals surface area contributed by atoms with Crippen LogP contribution in [0.2, 0.25) is 5.02 Å². The molecule has 0 radical (unpaired) electrons. The Morgan fingerprint density at radius 3 is 2.60 bits per heavy atom. The zero-order valence-electron chi connectivity index (χ0n) is 10.8. The second-order valence-corrected chi connectivity index (χ2v) is 4.67. The first kappa shape index (κ1) is 12.7. The predicted octanol–water partition coefficient (Wildman–Crippen LogP) is 4.04. The number of nitrogens with one attached hydrogen (secondary N) is 1. The SMILES string of the molecule is COc1ccc(Nc2ncnc3cc(Cl)ccc23)cc1. The first-order valence-corrected chi connectivity index (χ1v) is 6.45. The number of fused-ring (bicyclic) bond motifs is 1. The third-order valence-electron chi connectivity index (χ3n) is 2.95. The van der Waals surface area contributed by atoms with Gasteiger partial charge < -0.3 is 10.1 Å². The minimum absolute atomic E-state index is 0.659. The van der Waals surface area contributed by atoms with Crippen molar-refractivity contribution in [2.45, 2.75) is 0 Å². The van der Waals surface area contributed by atoms with Crippen molar-refractivity contribution < 1.29 is 4.74 Å². The standard InChI is InChI=1S/C15H12ClN3O/c1-20-12-5-3-11(4-6-12)19-15-13-7-2-10(16)8-14(13)17-9-18-15/h2-9H,1H3,(H,17,18,19). The summed E-state index contributed by atoms with van der Waals surface area (Å²) in [5.74, 6) is 1.56. The average Bonchev–Trinajstić information content (AvgIpc) is 2.48. The molecule has 20 heavy (non-hydrogen) atoms. The first-order valence-electron chi connectivity index (χ1n) is 6.07. The maximum Gasteiger partial charge on any atom is 0.141 e. The molecule has 5 heteroatoms. The zero-order chi connectivity index (χ0) is 13.9. The summed E-state index contributed by atoms with van der Waals surface area (Å²) in [5.41, 5.74) is 1.74. The van der Waals surface area contributed by atoms with Crippen molar-refractivity contribution in [2.75, 3.05) is 12.4 Å². The fraction of sp³-hybridized carbons (Fsp3) is 0.0667. The molecule has 1 heterocycles. The Morgan fingerprint density at radius 2 is 1.85 bits per heavy atom. The summed E-state index contributed by atoms with van der Waals surface area (Å²) in [5, 5.41) is 4.85. The highest BCUT2D eigenvalue weighted by atomic mass is 35.5. The molecular weight excluding hydrogens is 274 g/mol. The lowest BCUT2D eigenvalue weighted by Crippen LogP contribution is -1.96. The molecule has 0 amide bonds. The van der Waals surface area contributed by atoms with E-state index in [1.807, 2.05) is 42.5 Å². The van der Waals surface area contributed by atoms with Crippen LogP contribution in [-0.4, -0.2) is 17.1 Å². The minimum atomic E-state index is 0.659. The van der Waals surface area contributed by atoms with E-state index >= 15 is 0 Å². The van der Waals surface area contributed by atoms with Crippen LogP contribution in [-0.2, 0) is 0 Å². The Labute approximate surface area is 121 Å². The topological polar surface area (TPSA) is 47.0 Å². The smallest absolute Gasteiger partial charge is 0.141 e. The molecular formula is C15H12ClN3O. The third-order valence-corrected chi connectivity index (χ3v) is 3.19. The van der Waals surface area contributed by atoms with Gasteiger partial charge in [0.15, 0.2) is 0 Å². The molecule has 3 rings (SSSR count). The van der Waals surface area contributed by atoms with Gasteiger partial charge in [0, 0.05) is 16.1 Å². The van der Waals surface area contributed by atoms with Gasteiger partial charge in [-0.05, 0) is 42.5 Å². The lowest BCUT2D eigenvalue weighted by molar-refractivity contribution is 0.415. The van der Waals surface area contributed by atoms with Crippen LogP contribution in [0, 0.1) is 0 Å². The van der Waals surface area contributed by atoms with Gasteiger partial charge in [-0.15, -0.1) is 0 Å². The van der Waals surface area contributed by atoms with Crippen molar-refractivity contribution in [2.24, 2.45) is 0 Å². The van der Waals surface area contributed by atoms with Crippen molar-refractivity contribution in [1.82, 2.24) is 9.97 Å². The molecule has 0 spiro atoms. The Hall–Kier alpha value is -2.33. The number of aromatic nitrogens is 2. The molecule has 1 N–H and O–H groups in total. The van der Waals surface area contributed by atoms with E-state index in [0.717, 1.165) is 28.2 Å². The van der Waals surface area contributed by atoms with Crippen molar-refractivity contribution in [3.05, 3.63) is 53.8 Å². The van der Waals surface area contributed by atoms with Gasteiger partial charge in [-0.25, -0.2) is 9.97 Å². The van der Waals surface area contributed by atoms with Gasteiger partial charge >= 0.3 is 0 Å². The van der Waals surface area contributed by atoms with E-state index in [0.29, 0.717) is 5.02 Å². The van der Waals surface area contributed by atoms with E-state index in [1.165, 1.54) is 6.33 Å². The van der Waals surface area contributed by atoms with Gasteiger partial charge in [0.1, 0.15) is 17.9 Å². The van der Waals surface area contributed by atoms with Crippen molar-refractivity contribution in [1.29, 1.82) is 0 Å². The molecule has 0 atom stereocenters. The van der Waals surface area contributed by atoms with E-state index in [2.05, 4.69) is 15.3 Å². The highest BCUT2D eigenvalue weighted by Gasteiger charge is 2.04. The zero-order valence-corrected chi connectivity index (χ0v) is 11.6. The van der Waals surface area contributed by atoms with Gasteiger partial charge in [-0.3, -0.25) is 0 Å². The number of ether oxygens (including phenoxy) is 1. The fourth-order valence-corrected chi connectivity index (χ4v) is 2.11. The highest BCUT2D eigenvalue weighted by molar-refractivity contribution is 6.31. The maximum atomic E-state index is 5.97. The van der Waals surface area contributed by atoms with Crippen LogP contribution in [0.15, 0.2) is 48.8 Å². The van der Waals surface area contributed by atoms with Crippen molar-refractivity contribution in [3.63, 3.8) is 0 Å². The van der Waals surface area contributed by atoms with Crippen LogP contribution in [0.4, 0.5) is 11.5 Å². The quantitative estimate of drug-likeness (QED) is 0.789. The second kappa shape index (κ2) is 5.35. The summed E-state index contributed by atoms with van der Waals surface area (Å²) in [6.45, 7) is 0. The Bertz CT molecular complexity index is 744. The number of nitrogens with zero attached hydrogens (tertiary/aromatic N) is 2. The monoisotopic (exact) mass is 285 g/mol. The minimum Gasteiger partial charge on any atom is -0.497 e. The van der Waals surface area contributed by atoms with Crippen LogP contribution in [0.5, 0.6) is 5.75 Å². The van der Waals surface area contributed by atoms with E-state index in [9.17, 15) is 0 Å². The summed E-state index contributed by atoms with van der Waals surface area (Å²) in [6.07, 6.45) is 1.52. The third kappa shape index (κ3) is 2.51. The largest absolute Gasteiger partial charge is 0.497 e. The van der Waals surface area contributed by atoms with Gasteiger partial charge in [0.05, 0.1) is 12.6 Å². The van der Waals surface area contributed by atoms with E-state index in [-0.39, 0.29) is 0 Å². The molecule has 100 valence electrons. The van der Waals surface area contributed by atoms with E-state index in [4.69, 9.17) is 16.3 Å². The summed E-state index contributed by atoms with van der Waals surface area (Å²) >= 11 is 5.97. The average molecular weight is 286 g/mol. The Morgan fingerprint density at radius 1 is 1.05 bits per heavy atom. The molecule has 0 unspecified atom stereocenters. The number of hydrogen-bond acceptors (Lipinski definition) is 4. The van der Waals surface area contributed by atoms with E-state index in [1.54, 1.807) is 7.11 Å².